The summed E-state index contributed by atoms with van der Waals surface area (Å²) >= 11 is 27.1. The second-order valence-corrected chi connectivity index (χ2v) is 39.9. The second kappa shape index (κ2) is 42.6. The van der Waals surface area contributed by atoms with Crippen LogP contribution in [0.4, 0.5) is 36.2 Å². The molecule has 5 fully saturated rings. The van der Waals surface area contributed by atoms with Crippen LogP contribution >= 0.6 is 86.9 Å². The summed E-state index contributed by atoms with van der Waals surface area (Å²) in [6.07, 6.45) is 27.6. The van der Waals surface area contributed by atoms with Crippen molar-refractivity contribution >= 4 is 128 Å². The third kappa shape index (κ3) is 22.6. The van der Waals surface area contributed by atoms with Gasteiger partial charge in [0.05, 0.1) is 64.5 Å². The van der Waals surface area contributed by atoms with Crippen molar-refractivity contribution < 1.29 is 33.7 Å². The van der Waals surface area contributed by atoms with Gasteiger partial charge in [0.1, 0.15) is 12.7 Å². The van der Waals surface area contributed by atoms with Crippen LogP contribution in [-0.4, -0.2) is 229 Å². The maximum Gasteiger partial charge on any atom is 0.322 e. The summed E-state index contributed by atoms with van der Waals surface area (Å²) in [7, 11) is 4.10. The van der Waals surface area contributed by atoms with Crippen LogP contribution in [0.2, 0.25) is 10.0 Å². The molecule has 4 aliphatic carbocycles. The molecule has 0 bridgehead atoms. The molecule has 8 amide bonds. The number of rotatable bonds is 8. The summed E-state index contributed by atoms with van der Waals surface area (Å²) in [5, 5.41) is 23.2. The summed E-state index contributed by atoms with van der Waals surface area (Å²) in [6.45, 7) is 18.1. The molecule has 12 heterocycles. The van der Waals surface area contributed by atoms with E-state index in [1.54, 1.807) is 24.5 Å². The Labute approximate surface area is 809 Å². The Morgan fingerprint density at radius 2 is 0.718 bits per heavy atom. The van der Waals surface area contributed by atoms with Gasteiger partial charge >= 0.3 is 24.1 Å². The topological polar surface area (TPSA) is 238 Å². The van der Waals surface area contributed by atoms with Crippen LogP contribution in [0.1, 0.15) is 138 Å². The number of carbonyl (C=O) groups is 4. The monoisotopic (exact) mass is 2060 g/mol. The number of anilines is 3. The summed E-state index contributed by atoms with van der Waals surface area (Å²) in [6, 6.07) is 46.2. The van der Waals surface area contributed by atoms with E-state index in [2.05, 4.69) is 220 Å². The van der Waals surface area contributed by atoms with Crippen LogP contribution in [0.3, 0.4) is 0 Å². The van der Waals surface area contributed by atoms with Crippen LogP contribution < -0.4 is 30.6 Å². The molecule has 31 heteroatoms. The zero-order valence-corrected chi connectivity index (χ0v) is 82.0. The van der Waals surface area contributed by atoms with Crippen molar-refractivity contribution in [1.82, 2.24) is 74.3 Å². The number of carbonyl (C=O) groups excluding carboxylic acids is 4. The Balaban J connectivity index is 0.000000122. The van der Waals surface area contributed by atoms with E-state index in [0.29, 0.717) is 51.0 Å². The fourth-order valence-corrected chi connectivity index (χ4v) is 21.7. The highest BCUT2D eigenvalue weighted by Gasteiger charge is 2.40. The Hall–Kier alpha value is -9.89. The number of piperazine rings is 4. The average molecular weight is 2060 g/mol. The number of hydrogen-bond donors (Lipinski definition) is 5. The maximum atomic E-state index is 12.9. The first-order valence-electron chi connectivity index (χ1n) is 45.3. The van der Waals surface area contributed by atoms with Crippen LogP contribution in [0.25, 0.3) is 0 Å². The van der Waals surface area contributed by atoms with Gasteiger partial charge in [0.15, 0.2) is 12.4 Å². The third-order valence-electron chi connectivity index (χ3n) is 26.6. The van der Waals surface area contributed by atoms with E-state index in [4.69, 9.17) is 43.1 Å². The molecule has 0 radical (unpaired) electrons. The minimum Gasteiger partial charge on any atom is -0.335 e. The molecule has 131 heavy (non-hydrogen) atoms. The third-order valence-corrected chi connectivity index (χ3v) is 28.8. The number of aromatic nitrogens is 7. The second-order valence-electron chi connectivity index (χ2n) is 35.4. The first-order valence-corrected chi connectivity index (χ1v) is 49.2. The number of piperidine rings is 1. The van der Waals surface area contributed by atoms with E-state index in [9.17, 15) is 24.4 Å². The number of fused-ring (bicyclic) bond motifs is 8. The summed E-state index contributed by atoms with van der Waals surface area (Å²) in [4.78, 5) is 94.5. The van der Waals surface area contributed by atoms with Crippen molar-refractivity contribution in [2.24, 2.45) is 7.05 Å². The Morgan fingerprint density at radius 3 is 1.08 bits per heavy atom. The Bertz CT molecular complexity index is 5740. The molecule has 11 aromatic rings. The van der Waals surface area contributed by atoms with Gasteiger partial charge in [-0.15, -0.1) is 0 Å². The van der Waals surface area contributed by atoms with E-state index < -0.39 is 0 Å². The minimum atomic E-state index is -0.153. The van der Waals surface area contributed by atoms with E-state index in [1.165, 1.54) is 90.3 Å². The van der Waals surface area contributed by atoms with Gasteiger partial charge in [-0.1, -0.05) is 82.9 Å². The van der Waals surface area contributed by atoms with E-state index in [1.807, 2.05) is 105 Å². The number of hydrogen-bond acceptors (Lipinski definition) is 15. The van der Waals surface area contributed by atoms with Gasteiger partial charge in [0.25, 0.3) is 0 Å². The predicted octanol–water partition coefficient (Wildman–Crippen LogP) is 16.8. The lowest BCUT2D eigenvalue weighted by Gasteiger charge is -2.40. The normalized spacial score (nSPS) is 19.3. The van der Waals surface area contributed by atoms with E-state index in [-0.39, 0.29) is 48.3 Å². The molecule has 25 nitrogen and oxygen atoms in total. The van der Waals surface area contributed by atoms with Crippen LogP contribution in [0, 0.1) is 13.8 Å². The zero-order chi connectivity index (χ0) is 90.9. The van der Waals surface area contributed by atoms with Crippen molar-refractivity contribution in [1.29, 1.82) is 0 Å². The highest BCUT2D eigenvalue weighted by molar-refractivity contribution is 9.11. The number of urea groups is 4. The zero-order valence-electron chi connectivity index (χ0n) is 74.2. The number of likely N-dealkylation sites (tertiary alicyclic amines) is 1. The van der Waals surface area contributed by atoms with Crippen molar-refractivity contribution in [3.05, 3.63) is 324 Å². The molecule has 5 N–H and O–H groups in total. The number of nitrogens with one attached hydrogen (secondary N) is 4. The van der Waals surface area contributed by atoms with E-state index in [0.717, 1.165) is 210 Å². The molecule has 9 aliphatic rings. The van der Waals surface area contributed by atoms with Crippen molar-refractivity contribution in [2.75, 3.05) is 141 Å². The van der Waals surface area contributed by atoms with Crippen molar-refractivity contribution in [3.63, 3.8) is 0 Å². The molecule has 0 spiro atoms. The highest BCUT2D eigenvalue weighted by atomic mass is 79.9. The smallest absolute Gasteiger partial charge is 0.322 e. The van der Waals surface area contributed by atoms with Gasteiger partial charge in [-0.3, -0.25) is 49.7 Å². The van der Waals surface area contributed by atoms with Gasteiger partial charge in [-0.05, 0) is 295 Å². The van der Waals surface area contributed by atoms with Crippen LogP contribution in [0.5, 0.6) is 0 Å². The lowest BCUT2D eigenvalue weighted by atomic mass is 9.94. The van der Waals surface area contributed by atoms with Crippen molar-refractivity contribution in [2.45, 2.75) is 108 Å². The molecule has 5 aliphatic heterocycles. The minimum absolute atomic E-state index is 0.0565. The number of aryl methyl sites for hydroxylation is 11. The Kier molecular flexibility index (Phi) is 30.2. The lowest BCUT2D eigenvalue weighted by Crippen LogP contribution is -2.55. The van der Waals surface area contributed by atoms with Gasteiger partial charge in [-0.25, -0.2) is 23.7 Å². The number of benzene rings is 4. The van der Waals surface area contributed by atoms with Crippen molar-refractivity contribution in [3.8, 4) is 0 Å². The largest absolute Gasteiger partial charge is 0.335 e. The molecule has 7 aromatic heterocycles. The molecule has 680 valence electrons. The predicted molar refractivity (Wildman–Crippen MR) is 524 cm³/mol. The molecule has 4 aromatic carbocycles. The molecular weight excluding hydrogens is 1950 g/mol. The first-order chi connectivity index (χ1) is 63.5. The lowest BCUT2D eigenvalue weighted by molar-refractivity contribution is -0.904. The maximum absolute atomic E-state index is 12.9. The van der Waals surface area contributed by atoms with Crippen LogP contribution in [-0.2, 0) is 58.4 Å². The highest BCUT2D eigenvalue weighted by Crippen LogP contribution is 2.44. The average Bonchev–Trinajstić information content (AvgIpc) is 1.72. The number of amides is 8. The Morgan fingerprint density at radius 1 is 0.382 bits per heavy atom. The van der Waals surface area contributed by atoms with Gasteiger partial charge in [0, 0.05) is 193 Å². The fraction of sp³-hybridized carbons (Fsp3) is 0.370. The van der Waals surface area contributed by atoms with Gasteiger partial charge in [0.2, 0.25) is 12.4 Å². The van der Waals surface area contributed by atoms with E-state index >= 15 is 0 Å². The quantitative estimate of drug-likeness (QED) is 0.0702. The number of halogens is 6. The standard InChI is InChI=1S/C25H31BrClN5O.C25H25BrClN5O.C25H26BrN5O2.C25H26BrN5O/c2*1-30-8-6-21(7-9-30)29-25(33)32-12-10-31(11-13-32)24-22-5-4-20(27)15-17(22)2-3-18-14-19(26)16-28-23(18)24;1-17-4-7-22-18(13-17)5-6-19-14-20(26)15-27-23(19)24(22)29-9-11-30(12-10-29)25(32)28-21-3-2-8-31(33)16-21;1-17-4-7-22-18(13-17)5-6-19-14-20(26)15-28-23(19)24(22)30-9-11-31(12-10-30)25(32)29-21-3-2-8-27-16-21/h4-5,14-16,21,24H,2-3,6-13H2,1H3,(H,29,33);4-9,14-16,24H,2-3,10-13H2,1H3;2-4,7-8,13-16,24H,5-6,9-12H2,1H3,(H-,28,32,33);2-4,7-8,13-16,24H,5-6,9-12H2,1H3,(H,29,32)/p+2. The van der Waals surface area contributed by atoms with Gasteiger partial charge < -0.3 is 45.8 Å². The molecule has 5 saturated heterocycles. The molecular formula is C100H110Br4Cl2N20O5+2. The fourth-order valence-electron chi connectivity index (χ4n) is 19.8. The SMILES string of the molecule is CN1CCC(NC(=O)N2CCN(C3c4ccc(Cl)cc4CCc4cc(Br)cnc43)CC2)CC1.C[n+]1ccc(NC(=O)N2CCN(C3c4ccc(Cl)cc4CCc4cc(Br)cnc43)CC2)cc1.Cc1ccc2c(c1)CCc1cc(Br)cnc1C2N1CCN(C(=O)Nc2ccc[n+](O)c2)CC1.Cc1ccc2c(c1)CCc1cc(Br)cnc1C2N1CCN(C(=O)Nc2cccnc2)CC1. The summed E-state index contributed by atoms with van der Waals surface area (Å²) in [5.41, 5.74) is 24.9. The molecule has 4 atom stereocenters. The number of pyridine rings is 7. The summed E-state index contributed by atoms with van der Waals surface area (Å²) < 4.78 is 6.92. The first kappa shape index (κ1) is 92.9. The van der Waals surface area contributed by atoms with Crippen LogP contribution in [0.15, 0.2) is 213 Å². The van der Waals surface area contributed by atoms with Gasteiger partial charge in [-0.2, -0.15) is 0 Å². The summed E-state index contributed by atoms with van der Waals surface area (Å²) in [5.74, 6) is 0. The number of nitrogens with zero attached hydrogens (tertiary/aromatic N) is 16. The molecule has 0 saturated carbocycles. The molecule has 4 unspecified atom stereocenters. The molecule has 20 rings (SSSR count).